The zero-order chi connectivity index (χ0) is 12.1. The van der Waals surface area contributed by atoms with Crippen LogP contribution in [0.4, 0.5) is 0 Å². The van der Waals surface area contributed by atoms with E-state index in [-0.39, 0.29) is 6.10 Å². The lowest BCUT2D eigenvalue weighted by Crippen LogP contribution is -2.46. The van der Waals surface area contributed by atoms with E-state index in [2.05, 4.69) is 5.32 Å². The summed E-state index contributed by atoms with van der Waals surface area (Å²) in [4.78, 5) is 0. The molecule has 3 atom stereocenters. The predicted octanol–water partition coefficient (Wildman–Crippen LogP) is 1.08. The average molecular weight is 243 g/mol. The second kappa shape index (κ2) is 6.14. The van der Waals surface area contributed by atoms with Crippen LogP contribution >= 0.6 is 0 Å². The molecular formula is C13H25NO3. The van der Waals surface area contributed by atoms with Crippen molar-refractivity contribution >= 4 is 0 Å². The number of ether oxygens (including phenoxy) is 2. The van der Waals surface area contributed by atoms with E-state index in [1.165, 1.54) is 12.8 Å². The second-order valence-corrected chi connectivity index (χ2v) is 5.32. The summed E-state index contributed by atoms with van der Waals surface area (Å²) in [6.07, 6.45) is 5.86. The Morgan fingerprint density at radius 1 is 1.35 bits per heavy atom. The van der Waals surface area contributed by atoms with Crippen LogP contribution in [0.2, 0.25) is 0 Å². The normalized spacial score (nSPS) is 37.8. The van der Waals surface area contributed by atoms with Crippen LogP contribution < -0.4 is 5.32 Å². The first kappa shape index (κ1) is 13.3. The van der Waals surface area contributed by atoms with Crippen molar-refractivity contribution in [2.45, 2.75) is 56.8 Å². The van der Waals surface area contributed by atoms with Crippen molar-refractivity contribution in [2.24, 2.45) is 0 Å². The van der Waals surface area contributed by atoms with Crippen LogP contribution in [0.3, 0.4) is 0 Å². The molecule has 0 aromatic heterocycles. The molecule has 2 rings (SSSR count). The first-order chi connectivity index (χ1) is 8.21. The number of rotatable bonds is 6. The third kappa shape index (κ3) is 3.65. The maximum absolute atomic E-state index is 10.3. The van der Waals surface area contributed by atoms with Gasteiger partial charge in [0, 0.05) is 26.2 Å². The standard InChI is InChI=1S/C13H25NO3/c1-11-13(15,6-9-16-11)10-14-7-2-4-12-5-3-8-17-12/h11-12,14-15H,2-10H2,1H3. The maximum Gasteiger partial charge on any atom is 0.105 e. The molecule has 4 heteroatoms. The molecule has 2 aliphatic heterocycles. The van der Waals surface area contributed by atoms with Crippen LogP contribution in [0.5, 0.6) is 0 Å². The third-order valence-electron chi connectivity index (χ3n) is 3.99. The molecule has 3 unspecified atom stereocenters. The van der Waals surface area contributed by atoms with Gasteiger partial charge in [0.15, 0.2) is 0 Å². The summed E-state index contributed by atoms with van der Waals surface area (Å²) in [6.45, 7) is 5.15. The summed E-state index contributed by atoms with van der Waals surface area (Å²) < 4.78 is 11.0. The molecule has 2 fully saturated rings. The molecule has 100 valence electrons. The van der Waals surface area contributed by atoms with E-state index in [0.717, 1.165) is 32.4 Å². The SMILES string of the molecule is CC1OCCC1(O)CNCCCC1CCCO1. The van der Waals surface area contributed by atoms with E-state index in [1.807, 2.05) is 6.92 Å². The van der Waals surface area contributed by atoms with Gasteiger partial charge in [0.05, 0.1) is 12.2 Å². The van der Waals surface area contributed by atoms with E-state index in [9.17, 15) is 5.11 Å². The molecule has 0 saturated carbocycles. The fraction of sp³-hybridized carbons (Fsp3) is 1.00. The van der Waals surface area contributed by atoms with Crippen LogP contribution in [0.1, 0.15) is 39.0 Å². The molecule has 0 amide bonds. The first-order valence-electron chi connectivity index (χ1n) is 6.87. The highest BCUT2D eigenvalue weighted by atomic mass is 16.5. The quantitative estimate of drug-likeness (QED) is 0.685. The van der Waals surface area contributed by atoms with Gasteiger partial charge < -0.3 is 19.9 Å². The molecule has 0 aromatic carbocycles. The number of nitrogens with one attached hydrogen (secondary N) is 1. The molecule has 2 N–H and O–H groups in total. The number of aliphatic hydroxyl groups is 1. The summed E-state index contributed by atoms with van der Waals surface area (Å²) in [7, 11) is 0. The Morgan fingerprint density at radius 3 is 2.88 bits per heavy atom. The van der Waals surface area contributed by atoms with Crippen molar-refractivity contribution < 1.29 is 14.6 Å². The lowest BCUT2D eigenvalue weighted by molar-refractivity contribution is -0.0261. The minimum Gasteiger partial charge on any atom is -0.386 e. The van der Waals surface area contributed by atoms with Crippen LogP contribution in [0, 0.1) is 0 Å². The monoisotopic (exact) mass is 243 g/mol. The van der Waals surface area contributed by atoms with E-state index < -0.39 is 5.60 Å². The van der Waals surface area contributed by atoms with E-state index in [1.54, 1.807) is 0 Å². The third-order valence-corrected chi connectivity index (χ3v) is 3.99. The van der Waals surface area contributed by atoms with Crippen molar-refractivity contribution in [1.29, 1.82) is 0 Å². The molecule has 4 nitrogen and oxygen atoms in total. The number of hydrogen-bond acceptors (Lipinski definition) is 4. The Bertz CT molecular complexity index is 231. The molecule has 0 aromatic rings. The highest BCUT2D eigenvalue weighted by molar-refractivity contribution is 4.91. The zero-order valence-corrected chi connectivity index (χ0v) is 10.8. The lowest BCUT2D eigenvalue weighted by Gasteiger charge is -2.26. The van der Waals surface area contributed by atoms with Gasteiger partial charge in [-0.25, -0.2) is 0 Å². The molecule has 2 heterocycles. The van der Waals surface area contributed by atoms with Crippen molar-refractivity contribution in [3.05, 3.63) is 0 Å². The van der Waals surface area contributed by atoms with Gasteiger partial charge in [0.1, 0.15) is 5.60 Å². The Labute approximate surface area is 104 Å². The van der Waals surface area contributed by atoms with E-state index in [4.69, 9.17) is 9.47 Å². The van der Waals surface area contributed by atoms with Crippen molar-refractivity contribution in [2.75, 3.05) is 26.3 Å². The van der Waals surface area contributed by atoms with Crippen LogP contribution in [-0.4, -0.2) is 49.2 Å². The van der Waals surface area contributed by atoms with E-state index in [0.29, 0.717) is 19.3 Å². The minimum absolute atomic E-state index is 0.0480. The Kier molecular flexibility index (Phi) is 4.79. The van der Waals surface area contributed by atoms with Crippen molar-refractivity contribution in [1.82, 2.24) is 5.32 Å². The second-order valence-electron chi connectivity index (χ2n) is 5.32. The van der Waals surface area contributed by atoms with Crippen molar-refractivity contribution in [3.63, 3.8) is 0 Å². The van der Waals surface area contributed by atoms with Gasteiger partial charge in [-0.15, -0.1) is 0 Å². The van der Waals surface area contributed by atoms with Gasteiger partial charge in [-0.1, -0.05) is 0 Å². The highest BCUT2D eigenvalue weighted by Gasteiger charge is 2.38. The molecule has 2 saturated heterocycles. The summed E-state index contributed by atoms with van der Waals surface area (Å²) >= 11 is 0. The summed E-state index contributed by atoms with van der Waals surface area (Å²) in [5, 5.41) is 13.6. The smallest absolute Gasteiger partial charge is 0.105 e. The highest BCUT2D eigenvalue weighted by Crippen LogP contribution is 2.24. The Hall–Kier alpha value is -0.160. The average Bonchev–Trinajstić information content (AvgIpc) is 2.91. The molecule has 0 bridgehead atoms. The molecule has 0 spiro atoms. The molecule has 0 radical (unpaired) electrons. The van der Waals surface area contributed by atoms with Gasteiger partial charge in [-0.05, 0) is 39.2 Å². The molecular weight excluding hydrogens is 218 g/mol. The van der Waals surface area contributed by atoms with Crippen LogP contribution in [0.25, 0.3) is 0 Å². The Balaban J connectivity index is 1.53. The van der Waals surface area contributed by atoms with Gasteiger partial charge in [0.2, 0.25) is 0 Å². The minimum atomic E-state index is -0.663. The summed E-state index contributed by atoms with van der Waals surface area (Å²) in [5.41, 5.74) is -0.663. The fourth-order valence-corrected chi connectivity index (χ4v) is 2.63. The maximum atomic E-state index is 10.3. The number of hydrogen-bond donors (Lipinski definition) is 2. The summed E-state index contributed by atoms with van der Waals surface area (Å²) in [6, 6.07) is 0. The predicted molar refractivity (Wildman–Crippen MR) is 66.1 cm³/mol. The largest absolute Gasteiger partial charge is 0.386 e. The van der Waals surface area contributed by atoms with E-state index >= 15 is 0 Å². The van der Waals surface area contributed by atoms with Gasteiger partial charge in [0.25, 0.3) is 0 Å². The van der Waals surface area contributed by atoms with Gasteiger partial charge in [-0.3, -0.25) is 0 Å². The molecule has 2 aliphatic rings. The van der Waals surface area contributed by atoms with Crippen molar-refractivity contribution in [3.8, 4) is 0 Å². The molecule has 17 heavy (non-hydrogen) atoms. The Morgan fingerprint density at radius 2 is 2.24 bits per heavy atom. The molecule has 0 aliphatic carbocycles. The van der Waals surface area contributed by atoms with Gasteiger partial charge >= 0.3 is 0 Å². The topological polar surface area (TPSA) is 50.7 Å². The first-order valence-corrected chi connectivity index (χ1v) is 6.87. The zero-order valence-electron chi connectivity index (χ0n) is 10.8. The lowest BCUT2D eigenvalue weighted by atomic mass is 9.97. The van der Waals surface area contributed by atoms with Crippen LogP contribution in [-0.2, 0) is 9.47 Å². The van der Waals surface area contributed by atoms with Crippen LogP contribution in [0.15, 0.2) is 0 Å². The van der Waals surface area contributed by atoms with Gasteiger partial charge in [-0.2, -0.15) is 0 Å². The fourth-order valence-electron chi connectivity index (χ4n) is 2.63. The summed E-state index contributed by atoms with van der Waals surface area (Å²) in [5.74, 6) is 0.